The van der Waals surface area contributed by atoms with Gasteiger partial charge < -0.3 is 0 Å². The Morgan fingerprint density at radius 2 is 2.21 bits per heavy atom. The summed E-state index contributed by atoms with van der Waals surface area (Å²) in [6.45, 7) is 9.63. The topological polar surface area (TPSA) is 28.7 Å². The minimum atomic E-state index is 1.01. The average molecular weight is 190 g/mol. The molecule has 1 heterocycles. The summed E-state index contributed by atoms with van der Waals surface area (Å²) in [6, 6.07) is 1.93. The van der Waals surface area contributed by atoms with E-state index < -0.39 is 0 Å². The number of nitrogens with one attached hydrogen (secondary N) is 1. The molecule has 2 nitrogen and oxygen atoms in total. The largest absolute Gasteiger partial charge is 0.278 e. The Morgan fingerprint density at radius 3 is 2.64 bits per heavy atom. The van der Waals surface area contributed by atoms with E-state index in [1.54, 1.807) is 12.3 Å². The molecule has 0 aliphatic rings. The molecule has 1 aromatic heterocycles. The average Bonchev–Trinajstić information content (AvgIpc) is 2.73. The number of aromatic nitrogens is 2. The standard InChI is InChI=1S/C10H12N2.C2H6/c1-3-5-9(6-4-2)10-7-8-11-12-10;1-2/h3-8H,1H2,2H3,(H,11,12);1-2H3/b6-4-,9-5+;. The third-order valence-corrected chi connectivity index (χ3v) is 1.46. The SMILES string of the molecule is C=C/C=C(\C=C/C)c1ccn[nH]1.CC. The second kappa shape index (κ2) is 8.05. The van der Waals surface area contributed by atoms with Gasteiger partial charge >= 0.3 is 0 Å². The highest BCUT2D eigenvalue weighted by molar-refractivity contribution is 5.72. The van der Waals surface area contributed by atoms with E-state index in [1.807, 2.05) is 45.1 Å². The Labute approximate surface area is 86.1 Å². The molecule has 0 aliphatic heterocycles. The summed E-state index contributed by atoms with van der Waals surface area (Å²) in [5, 5.41) is 6.76. The van der Waals surface area contributed by atoms with E-state index in [0.29, 0.717) is 0 Å². The van der Waals surface area contributed by atoms with Gasteiger partial charge in [-0.2, -0.15) is 5.10 Å². The van der Waals surface area contributed by atoms with Gasteiger partial charge in [-0.1, -0.05) is 44.7 Å². The van der Waals surface area contributed by atoms with Crippen molar-refractivity contribution >= 4 is 5.57 Å². The highest BCUT2D eigenvalue weighted by Gasteiger charge is 1.95. The number of hydrogen-bond donors (Lipinski definition) is 1. The van der Waals surface area contributed by atoms with Gasteiger partial charge in [0.05, 0.1) is 5.69 Å². The third kappa shape index (κ3) is 3.90. The van der Waals surface area contributed by atoms with Crippen LogP contribution in [0.4, 0.5) is 0 Å². The van der Waals surface area contributed by atoms with Crippen molar-refractivity contribution in [3.63, 3.8) is 0 Å². The molecule has 0 spiro atoms. The molecule has 0 unspecified atom stereocenters. The molecule has 0 fully saturated rings. The number of hydrogen-bond acceptors (Lipinski definition) is 1. The van der Waals surface area contributed by atoms with Crippen LogP contribution in [0.25, 0.3) is 5.57 Å². The van der Waals surface area contributed by atoms with E-state index in [1.165, 1.54) is 0 Å². The van der Waals surface area contributed by atoms with Crippen LogP contribution in [0.2, 0.25) is 0 Å². The van der Waals surface area contributed by atoms with Crippen LogP contribution in [0.15, 0.2) is 43.1 Å². The van der Waals surface area contributed by atoms with Gasteiger partial charge in [0.1, 0.15) is 0 Å². The van der Waals surface area contributed by atoms with Crippen molar-refractivity contribution in [2.75, 3.05) is 0 Å². The van der Waals surface area contributed by atoms with Gasteiger partial charge in [0.25, 0.3) is 0 Å². The molecular formula is C12H18N2. The monoisotopic (exact) mass is 190 g/mol. The normalized spacial score (nSPS) is 10.9. The van der Waals surface area contributed by atoms with Crippen LogP contribution in [-0.2, 0) is 0 Å². The van der Waals surface area contributed by atoms with Crippen molar-refractivity contribution in [1.29, 1.82) is 0 Å². The molecule has 1 aromatic rings. The van der Waals surface area contributed by atoms with Crippen molar-refractivity contribution in [2.45, 2.75) is 20.8 Å². The maximum atomic E-state index is 3.87. The lowest BCUT2D eigenvalue weighted by Crippen LogP contribution is -1.79. The Balaban J connectivity index is 0.000000791. The molecule has 1 N–H and O–H groups in total. The molecule has 0 saturated carbocycles. The second-order valence-corrected chi connectivity index (χ2v) is 2.33. The molecule has 2 heteroatoms. The number of nitrogens with zero attached hydrogens (tertiary/aromatic N) is 1. The number of H-pyrrole nitrogens is 1. The minimum Gasteiger partial charge on any atom is -0.278 e. The van der Waals surface area contributed by atoms with Crippen molar-refractivity contribution < 1.29 is 0 Å². The van der Waals surface area contributed by atoms with E-state index in [9.17, 15) is 0 Å². The summed E-state index contributed by atoms with van der Waals surface area (Å²) in [6.07, 6.45) is 9.42. The first-order chi connectivity index (χ1) is 6.88. The fraction of sp³-hybridized carbons (Fsp3) is 0.250. The molecular weight excluding hydrogens is 172 g/mol. The van der Waals surface area contributed by atoms with Gasteiger partial charge in [-0.15, -0.1) is 0 Å². The first-order valence-electron chi connectivity index (χ1n) is 4.83. The minimum absolute atomic E-state index is 1.01. The predicted molar refractivity (Wildman–Crippen MR) is 62.9 cm³/mol. The van der Waals surface area contributed by atoms with Crippen LogP contribution in [0.3, 0.4) is 0 Å². The summed E-state index contributed by atoms with van der Waals surface area (Å²) < 4.78 is 0. The van der Waals surface area contributed by atoms with Crippen LogP contribution in [0.5, 0.6) is 0 Å². The van der Waals surface area contributed by atoms with Gasteiger partial charge in [-0.25, -0.2) is 0 Å². The molecule has 0 bridgehead atoms. The lowest BCUT2D eigenvalue weighted by Gasteiger charge is -1.94. The predicted octanol–water partition coefficient (Wildman–Crippen LogP) is 3.58. The number of rotatable bonds is 3. The van der Waals surface area contributed by atoms with Gasteiger partial charge in [0.2, 0.25) is 0 Å². The van der Waals surface area contributed by atoms with E-state index in [2.05, 4.69) is 16.8 Å². The quantitative estimate of drug-likeness (QED) is 0.725. The zero-order valence-corrected chi connectivity index (χ0v) is 9.12. The Hall–Kier alpha value is -1.57. The molecule has 0 aromatic carbocycles. The molecule has 0 saturated heterocycles. The molecule has 1 rings (SSSR count). The van der Waals surface area contributed by atoms with E-state index in [-0.39, 0.29) is 0 Å². The van der Waals surface area contributed by atoms with E-state index in [0.717, 1.165) is 11.3 Å². The van der Waals surface area contributed by atoms with Crippen molar-refractivity contribution in [3.05, 3.63) is 48.8 Å². The van der Waals surface area contributed by atoms with Gasteiger partial charge in [0.15, 0.2) is 0 Å². The molecule has 14 heavy (non-hydrogen) atoms. The molecule has 0 amide bonds. The summed E-state index contributed by atoms with van der Waals surface area (Å²) in [5.74, 6) is 0. The molecule has 0 atom stereocenters. The van der Waals surface area contributed by atoms with E-state index >= 15 is 0 Å². The summed E-state index contributed by atoms with van der Waals surface area (Å²) in [7, 11) is 0. The lowest BCUT2D eigenvalue weighted by atomic mass is 10.1. The van der Waals surface area contributed by atoms with E-state index in [4.69, 9.17) is 0 Å². The van der Waals surface area contributed by atoms with Crippen molar-refractivity contribution in [1.82, 2.24) is 10.2 Å². The van der Waals surface area contributed by atoms with Gasteiger partial charge in [-0.05, 0) is 18.6 Å². The number of allylic oxidation sites excluding steroid dienone is 5. The first kappa shape index (κ1) is 12.4. The molecule has 0 aliphatic carbocycles. The summed E-state index contributed by atoms with van der Waals surface area (Å²) in [5.41, 5.74) is 2.10. The Morgan fingerprint density at radius 1 is 1.50 bits per heavy atom. The van der Waals surface area contributed by atoms with Crippen molar-refractivity contribution in [2.24, 2.45) is 0 Å². The van der Waals surface area contributed by atoms with Gasteiger partial charge in [0, 0.05) is 6.20 Å². The second-order valence-electron chi connectivity index (χ2n) is 2.33. The maximum Gasteiger partial charge on any atom is 0.0649 e. The highest BCUT2D eigenvalue weighted by atomic mass is 15.1. The van der Waals surface area contributed by atoms with Crippen LogP contribution < -0.4 is 0 Å². The third-order valence-electron chi connectivity index (χ3n) is 1.46. The fourth-order valence-electron chi connectivity index (χ4n) is 0.958. The van der Waals surface area contributed by atoms with Crippen LogP contribution in [0, 0.1) is 0 Å². The van der Waals surface area contributed by atoms with Crippen LogP contribution in [0.1, 0.15) is 26.5 Å². The van der Waals surface area contributed by atoms with Crippen molar-refractivity contribution in [3.8, 4) is 0 Å². The number of aromatic amines is 1. The Kier molecular flexibility index (Phi) is 7.15. The first-order valence-corrected chi connectivity index (χ1v) is 4.83. The lowest BCUT2D eigenvalue weighted by molar-refractivity contribution is 1.08. The zero-order valence-electron chi connectivity index (χ0n) is 9.12. The van der Waals surface area contributed by atoms with Gasteiger partial charge in [-0.3, -0.25) is 5.10 Å². The van der Waals surface area contributed by atoms with Crippen LogP contribution in [-0.4, -0.2) is 10.2 Å². The smallest absolute Gasteiger partial charge is 0.0649 e. The molecule has 0 radical (unpaired) electrons. The zero-order chi connectivity index (χ0) is 10.8. The summed E-state index contributed by atoms with van der Waals surface area (Å²) >= 11 is 0. The van der Waals surface area contributed by atoms with Crippen LogP contribution >= 0.6 is 0 Å². The maximum absolute atomic E-state index is 3.87. The fourth-order valence-corrected chi connectivity index (χ4v) is 0.958. The Bertz CT molecular complexity index is 292. The molecule has 76 valence electrons. The summed E-state index contributed by atoms with van der Waals surface area (Å²) in [4.78, 5) is 0. The highest BCUT2D eigenvalue weighted by Crippen LogP contribution is 2.11.